The Morgan fingerprint density at radius 2 is 1.85 bits per heavy atom. The molecule has 0 saturated carbocycles. The van der Waals surface area contributed by atoms with Crippen molar-refractivity contribution >= 4 is 23.0 Å². The minimum Gasteiger partial charge on any atom is -0.462 e. The molecule has 3 nitrogen and oxygen atoms in total. The zero-order chi connectivity index (χ0) is 14.9. The van der Waals surface area contributed by atoms with Gasteiger partial charge in [-0.2, -0.15) is 0 Å². The van der Waals surface area contributed by atoms with Gasteiger partial charge in [0.05, 0.1) is 17.9 Å². The van der Waals surface area contributed by atoms with E-state index in [1.165, 1.54) is 6.07 Å². The molecule has 7 heteroatoms. The van der Waals surface area contributed by atoms with Crippen molar-refractivity contribution in [3.05, 3.63) is 40.5 Å². The summed E-state index contributed by atoms with van der Waals surface area (Å²) in [6, 6.07) is 2.40. The van der Waals surface area contributed by atoms with Gasteiger partial charge in [0.25, 0.3) is 0 Å². The normalized spacial score (nSPS) is 10.6. The Bertz CT molecular complexity index is 647. The van der Waals surface area contributed by atoms with Crippen molar-refractivity contribution in [2.24, 2.45) is 0 Å². The molecular weight excluding hydrogens is 291 g/mol. The van der Waals surface area contributed by atoms with Gasteiger partial charge in [-0.3, -0.25) is 0 Å². The van der Waals surface area contributed by atoms with Crippen LogP contribution in [0, 0.1) is 17.5 Å². The maximum atomic E-state index is 13.7. The van der Waals surface area contributed by atoms with Gasteiger partial charge in [0.1, 0.15) is 22.3 Å². The molecule has 0 fully saturated rings. The maximum Gasteiger partial charge on any atom is 0.350 e. The molecule has 0 aliphatic carbocycles. The standard InChI is InChI=1S/C13H10F3NO2S/c1-2-19-13(18)12-9(17)5-10(20-12)11-7(15)3-6(14)4-8(11)16/h3-5H,2,17H2,1H3. The van der Waals surface area contributed by atoms with E-state index in [0.717, 1.165) is 11.3 Å². The van der Waals surface area contributed by atoms with Crippen LogP contribution in [0.5, 0.6) is 0 Å². The molecule has 0 aliphatic heterocycles. The zero-order valence-corrected chi connectivity index (χ0v) is 11.2. The summed E-state index contributed by atoms with van der Waals surface area (Å²) >= 11 is 0.793. The van der Waals surface area contributed by atoms with Crippen LogP contribution in [0.3, 0.4) is 0 Å². The van der Waals surface area contributed by atoms with Crippen LogP contribution in [-0.2, 0) is 4.74 Å². The lowest BCUT2D eigenvalue weighted by molar-refractivity contribution is 0.0533. The Hall–Kier alpha value is -2.02. The van der Waals surface area contributed by atoms with Crippen LogP contribution >= 0.6 is 11.3 Å². The van der Waals surface area contributed by atoms with E-state index in [-0.39, 0.29) is 22.0 Å². The average Bonchev–Trinajstić information content (AvgIpc) is 2.70. The summed E-state index contributed by atoms with van der Waals surface area (Å²) in [5, 5.41) is 0. The number of rotatable bonds is 3. The Morgan fingerprint density at radius 1 is 1.25 bits per heavy atom. The number of carbonyl (C=O) groups excluding carboxylic acids is 1. The lowest BCUT2D eigenvalue weighted by Gasteiger charge is -2.02. The number of carbonyl (C=O) groups is 1. The van der Waals surface area contributed by atoms with Crippen molar-refractivity contribution in [2.45, 2.75) is 6.92 Å². The second-order valence-electron chi connectivity index (χ2n) is 3.86. The molecule has 2 aromatic rings. The Balaban J connectivity index is 2.50. The largest absolute Gasteiger partial charge is 0.462 e. The molecule has 0 saturated heterocycles. The Morgan fingerprint density at radius 3 is 2.40 bits per heavy atom. The molecule has 2 rings (SSSR count). The van der Waals surface area contributed by atoms with Crippen LogP contribution < -0.4 is 5.73 Å². The summed E-state index contributed by atoms with van der Waals surface area (Å²) in [7, 11) is 0. The monoisotopic (exact) mass is 301 g/mol. The van der Waals surface area contributed by atoms with E-state index >= 15 is 0 Å². The van der Waals surface area contributed by atoms with Gasteiger partial charge in [0, 0.05) is 17.0 Å². The highest BCUT2D eigenvalue weighted by Gasteiger charge is 2.21. The fraction of sp³-hybridized carbons (Fsp3) is 0.154. The molecule has 1 aromatic carbocycles. The second kappa shape index (κ2) is 5.54. The molecule has 0 bridgehead atoms. The fourth-order valence-electron chi connectivity index (χ4n) is 1.66. The Labute approximate surface area is 116 Å². The van der Waals surface area contributed by atoms with E-state index in [9.17, 15) is 18.0 Å². The predicted octanol–water partition coefficient (Wildman–Crippen LogP) is 3.59. The zero-order valence-electron chi connectivity index (χ0n) is 10.4. The van der Waals surface area contributed by atoms with E-state index in [0.29, 0.717) is 12.1 Å². The highest BCUT2D eigenvalue weighted by atomic mass is 32.1. The number of esters is 1. The van der Waals surface area contributed by atoms with Gasteiger partial charge in [-0.1, -0.05) is 0 Å². The number of ether oxygens (including phenoxy) is 1. The third kappa shape index (κ3) is 2.62. The number of benzene rings is 1. The van der Waals surface area contributed by atoms with Crippen molar-refractivity contribution in [3.63, 3.8) is 0 Å². The van der Waals surface area contributed by atoms with Gasteiger partial charge < -0.3 is 10.5 Å². The summed E-state index contributed by atoms with van der Waals surface area (Å²) in [5.74, 6) is -3.79. The number of halogens is 3. The maximum absolute atomic E-state index is 13.7. The molecule has 106 valence electrons. The van der Waals surface area contributed by atoms with Crippen molar-refractivity contribution in [3.8, 4) is 10.4 Å². The van der Waals surface area contributed by atoms with Crippen molar-refractivity contribution < 1.29 is 22.7 Å². The van der Waals surface area contributed by atoms with Gasteiger partial charge in [0.15, 0.2) is 0 Å². The van der Waals surface area contributed by atoms with Gasteiger partial charge in [0.2, 0.25) is 0 Å². The van der Waals surface area contributed by atoms with Crippen LogP contribution in [0.4, 0.5) is 18.9 Å². The highest BCUT2D eigenvalue weighted by molar-refractivity contribution is 7.18. The molecule has 0 aliphatic rings. The first-order valence-electron chi connectivity index (χ1n) is 5.65. The highest BCUT2D eigenvalue weighted by Crippen LogP contribution is 2.36. The van der Waals surface area contributed by atoms with Crippen molar-refractivity contribution in [2.75, 3.05) is 12.3 Å². The van der Waals surface area contributed by atoms with Crippen LogP contribution in [0.15, 0.2) is 18.2 Å². The molecule has 0 spiro atoms. The molecule has 20 heavy (non-hydrogen) atoms. The number of anilines is 1. The lowest BCUT2D eigenvalue weighted by atomic mass is 10.1. The summed E-state index contributed by atoms with van der Waals surface area (Å²) in [5.41, 5.74) is 5.27. The van der Waals surface area contributed by atoms with Crippen LogP contribution in [0.1, 0.15) is 16.6 Å². The van der Waals surface area contributed by atoms with Crippen molar-refractivity contribution in [1.29, 1.82) is 0 Å². The number of nitrogens with two attached hydrogens (primary N) is 1. The quantitative estimate of drug-likeness (QED) is 0.881. The SMILES string of the molecule is CCOC(=O)c1sc(-c2c(F)cc(F)cc2F)cc1N. The van der Waals surface area contributed by atoms with E-state index in [4.69, 9.17) is 10.5 Å². The fourth-order valence-corrected chi connectivity index (χ4v) is 2.68. The second-order valence-corrected chi connectivity index (χ2v) is 4.91. The Kier molecular flexibility index (Phi) is 3.99. The minimum atomic E-state index is -1.06. The topological polar surface area (TPSA) is 52.3 Å². The molecular formula is C13H10F3NO2S. The molecule has 0 atom stereocenters. The molecule has 0 unspecified atom stereocenters. The molecule has 1 heterocycles. The minimum absolute atomic E-state index is 0.0602. The summed E-state index contributed by atoms with van der Waals surface area (Å²) in [6.07, 6.45) is 0. The third-order valence-electron chi connectivity index (χ3n) is 2.47. The van der Waals surface area contributed by atoms with E-state index in [1.807, 2.05) is 0 Å². The van der Waals surface area contributed by atoms with Gasteiger partial charge in [-0.05, 0) is 13.0 Å². The molecule has 2 N–H and O–H groups in total. The molecule has 0 amide bonds. The van der Waals surface area contributed by atoms with Crippen LogP contribution in [-0.4, -0.2) is 12.6 Å². The van der Waals surface area contributed by atoms with E-state index < -0.39 is 29.0 Å². The number of hydrogen-bond acceptors (Lipinski definition) is 4. The van der Waals surface area contributed by atoms with Crippen molar-refractivity contribution in [1.82, 2.24) is 0 Å². The van der Waals surface area contributed by atoms with E-state index in [2.05, 4.69) is 0 Å². The van der Waals surface area contributed by atoms with Gasteiger partial charge >= 0.3 is 5.97 Å². The number of nitrogen functional groups attached to an aromatic ring is 1. The van der Waals surface area contributed by atoms with Gasteiger partial charge in [-0.25, -0.2) is 18.0 Å². The first kappa shape index (κ1) is 14.4. The first-order chi connectivity index (χ1) is 9.43. The lowest BCUT2D eigenvalue weighted by Crippen LogP contribution is -2.04. The van der Waals surface area contributed by atoms with Gasteiger partial charge in [-0.15, -0.1) is 11.3 Å². The summed E-state index contributed by atoms with van der Waals surface area (Å²) in [6.45, 7) is 1.78. The average molecular weight is 301 g/mol. The molecule has 1 aromatic heterocycles. The van der Waals surface area contributed by atoms with E-state index in [1.54, 1.807) is 6.92 Å². The third-order valence-corrected chi connectivity index (χ3v) is 3.62. The summed E-state index contributed by atoms with van der Waals surface area (Å²) < 4.78 is 45.0. The molecule has 0 radical (unpaired) electrons. The summed E-state index contributed by atoms with van der Waals surface area (Å²) in [4.78, 5) is 11.8. The number of thiophene rings is 1. The van der Waals surface area contributed by atoms with Crippen LogP contribution in [0.25, 0.3) is 10.4 Å². The first-order valence-corrected chi connectivity index (χ1v) is 6.47. The number of hydrogen-bond donors (Lipinski definition) is 1. The van der Waals surface area contributed by atoms with Crippen LogP contribution in [0.2, 0.25) is 0 Å². The predicted molar refractivity (Wildman–Crippen MR) is 70.0 cm³/mol. The smallest absolute Gasteiger partial charge is 0.350 e.